The van der Waals surface area contributed by atoms with Crippen LogP contribution in [0.2, 0.25) is 0 Å². The lowest BCUT2D eigenvalue weighted by atomic mass is 9.85. The van der Waals surface area contributed by atoms with Gasteiger partial charge in [-0.3, -0.25) is 4.79 Å². The highest BCUT2D eigenvalue weighted by Crippen LogP contribution is 2.30. The van der Waals surface area contributed by atoms with Crippen molar-refractivity contribution in [1.29, 1.82) is 0 Å². The second-order valence-electron chi connectivity index (χ2n) is 6.38. The van der Waals surface area contributed by atoms with Gasteiger partial charge in [-0.2, -0.15) is 0 Å². The monoisotopic (exact) mass is 260 g/mol. The Morgan fingerprint density at radius 3 is 2.68 bits per heavy atom. The number of nitrogen functional groups attached to an aromatic ring is 1. The number of carbonyl (C=O) groups excluding carboxylic acids is 1. The van der Waals surface area contributed by atoms with Crippen molar-refractivity contribution in [2.75, 3.05) is 18.8 Å². The van der Waals surface area contributed by atoms with Crippen LogP contribution < -0.4 is 5.73 Å². The van der Waals surface area contributed by atoms with E-state index >= 15 is 0 Å². The molecule has 3 nitrogen and oxygen atoms in total. The highest BCUT2D eigenvalue weighted by molar-refractivity contribution is 5.94. The Balaban J connectivity index is 2.13. The maximum atomic E-state index is 12.5. The van der Waals surface area contributed by atoms with Crippen LogP contribution in [-0.2, 0) is 0 Å². The van der Waals surface area contributed by atoms with E-state index < -0.39 is 0 Å². The van der Waals surface area contributed by atoms with E-state index in [2.05, 4.69) is 13.8 Å². The molecule has 0 radical (unpaired) electrons. The number of nitrogens with two attached hydrogens (primary N) is 1. The van der Waals surface area contributed by atoms with E-state index in [0.29, 0.717) is 5.41 Å². The van der Waals surface area contributed by atoms with Crippen molar-refractivity contribution in [3.63, 3.8) is 0 Å². The normalized spacial score (nSPS) is 19.0. The van der Waals surface area contributed by atoms with Gasteiger partial charge >= 0.3 is 0 Å². The van der Waals surface area contributed by atoms with E-state index in [9.17, 15) is 4.79 Å². The van der Waals surface area contributed by atoms with Crippen LogP contribution >= 0.6 is 0 Å². The van der Waals surface area contributed by atoms with E-state index in [1.807, 2.05) is 30.0 Å². The Morgan fingerprint density at radius 1 is 1.26 bits per heavy atom. The molecule has 0 spiro atoms. The summed E-state index contributed by atoms with van der Waals surface area (Å²) in [6.45, 7) is 8.24. The Hall–Kier alpha value is -1.51. The number of hydrogen-bond acceptors (Lipinski definition) is 2. The highest BCUT2D eigenvalue weighted by Gasteiger charge is 2.25. The summed E-state index contributed by atoms with van der Waals surface area (Å²) in [5.41, 5.74) is 8.63. The summed E-state index contributed by atoms with van der Waals surface area (Å²) >= 11 is 0. The van der Waals surface area contributed by atoms with E-state index in [1.54, 1.807) is 0 Å². The van der Waals surface area contributed by atoms with E-state index in [1.165, 1.54) is 6.42 Å². The quantitative estimate of drug-likeness (QED) is 0.788. The predicted molar refractivity (Wildman–Crippen MR) is 79.1 cm³/mol. The van der Waals surface area contributed by atoms with Crippen LogP contribution in [0.3, 0.4) is 0 Å². The minimum atomic E-state index is 0.140. The minimum absolute atomic E-state index is 0.140. The molecule has 0 saturated carbocycles. The van der Waals surface area contributed by atoms with Crippen molar-refractivity contribution in [3.05, 3.63) is 29.3 Å². The first-order valence-corrected chi connectivity index (χ1v) is 7.04. The molecule has 1 fully saturated rings. The van der Waals surface area contributed by atoms with E-state index in [4.69, 9.17) is 5.73 Å². The van der Waals surface area contributed by atoms with Gasteiger partial charge in [0.1, 0.15) is 0 Å². The van der Waals surface area contributed by atoms with Crippen molar-refractivity contribution in [1.82, 2.24) is 4.90 Å². The van der Waals surface area contributed by atoms with Crippen molar-refractivity contribution < 1.29 is 4.79 Å². The molecule has 104 valence electrons. The van der Waals surface area contributed by atoms with Gasteiger partial charge in [-0.05, 0) is 55.4 Å². The molecule has 2 rings (SSSR count). The van der Waals surface area contributed by atoms with Gasteiger partial charge in [-0.25, -0.2) is 0 Å². The number of benzene rings is 1. The fourth-order valence-electron chi connectivity index (χ4n) is 2.62. The number of rotatable bonds is 1. The third kappa shape index (κ3) is 3.28. The molecular formula is C16H24N2O. The summed E-state index contributed by atoms with van der Waals surface area (Å²) < 4.78 is 0. The highest BCUT2D eigenvalue weighted by atomic mass is 16.2. The average molecular weight is 260 g/mol. The third-order valence-electron chi connectivity index (χ3n) is 4.14. The first-order chi connectivity index (χ1) is 8.89. The van der Waals surface area contributed by atoms with Gasteiger partial charge in [-0.15, -0.1) is 0 Å². The molecule has 1 amide bonds. The van der Waals surface area contributed by atoms with Crippen LogP contribution in [0, 0.1) is 12.3 Å². The van der Waals surface area contributed by atoms with Crippen molar-refractivity contribution >= 4 is 11.6 Å². The number of nitrogens with zero attached hydrogens (tertiary/aromatic N) is 1. The molecule has 1 aliphatic heterocycles. The first-order valence-electron chi connectivity index (χ1n) is 7.04. The molecule has 1 aromatic rings. The summed E-state index contributed by atoms with van der Waals surface area (Å²) in [7, 11) is 0. The number of amides is 1. The zero-order chi connectivity index (χ0) is 14.0. The second kappa shape index (κ2) is 5.24. The number of aryl methyl sites for hydroxylation is 1. The van der Waals surface area contributed by atoms with Gasteiger partial charge in [0.15, 0.2) is 0 Å². The summed E-state index contributed by atoms with van der Waals surface area (Å²) in [5, 5.41) is 0. The zero-order valence-electron chi connectivity index (χ0n) is 12.2. The molecule has 1 heterocycles. The van der Waals surface area contributed by atoms with Crippen LogP contribution in [0.25, 0.3) is 0 Å². The smallest absolute Gasteiger partial charge is 0.253 e. The molecule has 1 aromatic carbocycles. The fraction of sp³-hybridized carbons (Fsp3) is 0.562. The van der Waals surface area contributed by atoms with Gasteiger partial charge in [-0.1, -0.05) is 13.8 Å². The minimum Gasteiger partial charge on any atom is -0.399 e. The number of anilines is 1. The average Bonchev–Trinajstić information content (AvgIpc) is 2.53. The number of likely N-dealkylation sites (tertiary alicyclic amines) is 1. The van der Waals surface area contributed by atoms with E-state index in [0.717, 1.165) is 42.7 Å². The maximum absolute atomic E-state index is 12.5. The van der Waals surface area contributed by atoms with Crippen molar-refractivity contribution in [2.24, 2.45) is 5.41 Å². The van der Waals surface area contributed by atoms with Crippen LogP contribution in [0.15, 0.2) is 18.2 Å². The number of hydrogen-bond donors (Lipinski definition) is 1. The van der Waals surface area contributed by atoms with Gasteiger partial charge < -0.3 is 10.6 Å². The Labute approximate surface area is 115 Å². The molecular weight excluding hydrogens is 236 g/mol. The summed E-state index contributed by atoms with van der Waals surface area (Å²) in [6, 6.07) is 5.55. The largest absolute Gasteiger partial charge is 0.399 e. The number of carbonyl (C=O) groups is 1. The topological polar surface area (TPSA) is 46.3 Å². The molecule has 19 heavy (non-hydrogen) atoms. The molecule has 1 saturated heterocycles. The molecule has 0 aliphatic carbocycles. The lowest BCUT2D eigenvalue weighted by Crippen LogP contribution is -2.32. The summed E-state index contributed by atoms with van der Waals surface area (Å²) in [4.78, 5) is 14.5. The standard InChI is InChI=1S/C16H24N2O/c1-12-11-13(5-6-14(12)17)15(19)18-9-4-7-16(2,3)8-10-18/h5-6,11H,4,7-10,17H2,1-3H3. The van der Waals surface area contributed by atoms with Crippen LogP contribution in [0.4, 0.5) is 5.69 Å². The van der Waals surface area contributed by atoms with Crippen LogP contribution in [0.1, 0.15) is 49.0 Å². The third-order valence-corrected chi connectivity index (χ3v) is 4.14. The summed E-state index contributed by atoms with van der Waals surface area (Å²) in [6.07, 6.45) is 3.36. The maximum Gasteiger partial charge on any atom is 0.253 e. The predicted octanol–water partition coefficient (Wildman–Crippen LogP) is 3.23. The van der Waals surface area contributed by atoms with Gasteiger partial charge in [0.05, 0.1) is 0 Å². The van der Waals surface area contributed by atoms with Crippen molar-refractivity contribution in [3.8, 4) is 0 Å². The van der Waals surface area contributed by atoms with Crippen molar-refractivity contribution in [2.45, 2.75) is 40.0 Å². The van der Waals surface area contributed by atoms with Gasteiger partial charge in [0, 0.05) is 24.3 Å². The van der Waals surface area contributed by atoms with Gasteiger partial charge in [0.25, 0.3) is 5.91 Å². The van der Waals surface area contributed by atoms with Crippen LogP contribution in [-0.4, -0.2) is 23.9 Å². The first kappa shape index (κ1) is 13.9. The lowest BCUT2D eigenvalue weighted by molar-refractivity contribution is 0.0757. The molecule has 0 unspecified atom stereocenters. The fourth-order valence-corrected chi connectivity index (χ4v) is 2.62. The SMILES string of the molecule is Cc1cc(C(=O)N2CCCC(C)(C)CC2)ccc1N. The molecule has 2 N–H and O–H groups in total. The Bertz CT molecular complexity index is 480. The summed E-state index contributed by atoms with van der Waals surface area (Å²) in [5.74, 6) is 0.140. The molecule has 0 bridgehead atoms. The molecule has 3 heteroatoms. The zero-order valence-corrected chi connectivity index (χ0v) is 12.2. The molecule has 0 atom stereocenters. The van der Waals surface area contributed by atoms with Gasteiger partial charge in [0.2, 0.25) is 0 Å². The molecule has 0 aromatic heterocycles. The second-order valence-corrected chi connectivity index (χ2v) is 6.38. The molecule has 1 aliphatic rings. The lowest BCUT2D eigenvalue weighted by Gasteiger charge is -2.23. The Morgan fingerprint density at radius 2 is 2.00 bits per heavy atom. The van der Waals surface area contributed by atoms with Crippen LogP contribution in [0.5, 0.6) is 0 Å². The Kier molecular flexibility index (Phi) is 3.83. The van der Waals surface area contributed by atoms with E-state index in [-0.39, 0.29) is 5.91 Å².